The van der Waals surface area contributed by atoms with Crippen LogP contribution in [-0.4, -0.2) is 54.8 Å². The van der Waals surface area contributed by atoms with Crippen LogP contribution in [0.25, 0.3) is 0 Å². The van der Waals surface area contributed by atoms with Crippen molar-refractivity contribution in [3.05, 3.63) is 35.4 Å². The fourth-order valence-electron chi connectivity index (χ4n) is 2.41. The second kappa shape index (κ2) is 9.68. The van der Waals surface area contributed by atoms with Gasteiger partial charge in [-0.2, -0.15) is 5.26 Å². The van der Waals surface area contributed by atoms with Crippen LogP contribution in [0.1, 0.15) is 31.4 Å². The van der Waals surface area contributed by atoms with Crippen molar-refractivity contribution >= 4 is 11.8 Å². The van der Waals surface area contributed by atoms with E-state index in [1.54, 1.807) is 33.2 Å². The van der Waals surface area contributed by atoms with Crippen LogP contribution in [0.3, 0.4) is 0 Å². The van der Waals surface area contributed by atoms with Gasteiger partial charge in [0, 0.05) is 20.6 Å². The molecule has 0 saturated heterocycles. The Balaban J connectivity index is 2.62. The van der Waals surface area contributed by atoms with Crippen molar-refractivity contribution in [3.63, 3.8) is 0 Å². The van der Waals surface area contributed by atoms with Crippen LogP contribution >= 0.6 is 0 Å². The highest BCUT2D eigenvalue weighted by molar-refractivity contribution is 5.87. The van der Waals surface area contributed by atoms with Gasteiger partial charge in [-0.25, -0.2) is 0 Å². The summed E-state index contributed by atoms with van der Waals surface area (Å²) in [5.74, 6) is -0.294. The Labute approximate surface area is 144 Å². The molecule has 0 radical (unpaired) electrons. The molecule has 0 fully saturated rings. The topological polar surface area (TPSA) is 76.4 Å². The summed E-state index contributed by atoms with van der Waals surface area (Å²) in [6.45, 7) is 5.39. The lowest BCUT2D eigenvalue weighted by molar-refractivity contribution is -0.134. The number of nitriles is 1. The predicted octanol–water partition coefficient (Wildman–Crippen LogP) is 1.36. The maximum absolute atomic E-state index is 12.2. The van der Waals surface area contributed by atoms with Gasteiger partial charge in [0.25, 0.3) is 0 Å². The molecule has 130 valence electrons. The molecule has 0 heterocycles. The van der Waals surface area contributed by atoms with Gasteiger partial charge in [0.05, 0.1) is 18.2 Å². The van der Waals surface area contributed by atoms with Gasteiger partial charge < -0.3 is 10.2 Å². The molecule has 0 aliphatic heterocycles. The van der Waals surface area contributed by atoms with Crippen molar-refractivity contribution in [2.45, 2.75) is 32.9 Å². The minimum absolute atomic E-state index is 0.127. The maximum atomic E-state index is 12.2. The molecule has 1 aromatic rings. The third kappa shape index (κ3) is 6.39. The minimum Gasteiger partial charge on any atom is -0.347 e. The average Bonchev–Trinajstić information content (AvgIpc) is 2.54. The lowest BCUT2D eigenvalue weighted by Crippen LogP contribution is -2.47. The van der Waals surface area contributed by atoms with Crippen molar-refractivity contribution in [2.24, 2.45) is 0 Å². The first-order chi connectivity index (χ1) is 11.4. The SMILES string of the molecule is CCCN(CC(=O)NC(C)C(=O)N(C)C)Cc1ccc(C#N)cc1. The van der Waals surface area contributed by atoms with E-state index in [0.717, 1.165) is 18.5 Å². The number of hydrogen-bond acceptors (Lipinski definition) is 4. The summed E-state index contributed by atoms with van der Waals surface area (Å²) < 4.78 is 0. The number of hydrogen-bond donors (Lipinski definition) is 1. The predicted molar refractivity (Wildman–Crippen MR) is 93.0 cm³/mol. The molecule has 0 aliphatic carbocycles. The summed E-state index contributed by atoms with van der Waals surface area (Å²) >= 11 is 0. The number of likely N-dealkylation sites (N-methyl/N-ethyl adjacent to an activating group) is 1. The lowest BCUT2D eigenvalue weighted by Gasteiger charge is -2.23. The molecule has 0 saturated carbocycles. The van der Waals surface area contributed by atoms with E-state index in [4.69, 9.17) is 5.26 Å². The maximum Gasteiger partial charge on any atom is 0.244 e. The van der Waals surface area contributed by atoms with Crippen molar-refractivity contribution < 1.29 is 9.59 Å². The smallest absolute Gasteiger partial charge is 0.244 e. The van der Waals surface area contributed by atoms with Crippen LogP contribution < -0.4 is 5.32 Å². The first-order valence-electron chi connectivity index (χ1n) is 8.09. The van der Waals surface area contributed by atoms with Gasteiger partial charge in [-0.05, 0) is 37.6 Å². The molecule has 0 aliphatic rings. The molecular formula is C18H26N4O2. The van der Waals surface area contributed by atoms with E-state index in [9.17, 15) is 9.59 Å². The molecule has 0 aromatic heterocycles. The highest BCUT2D eigenvalue weighted by Gasteiger charge is 2.18. The molecule has 0 bridgehead atoms. The molecule has 2 amide bonds. The Kier molecular flexibility index (Phi) is 7.93. The third-order valence-corrected chi connectivity index (χ3v) is 3.58. The molecule has 24 heavy (non-hydrogen) atoms. The van der Waals surface area contributed by atoms with Gasteiger partial charge in [0.1, 0.15) is 6.04 Å². The van der Waals surface area contributed by atoms with Crippen molar-refractivity contribution in [1.29, 1.82) is 5.26 Å². The summed E-state index contributed by atoms with van der Waals surface area (Å²) in [5, 5.41) is 11.6. The lowest BCUT2D eigenvalue weighted by atomic mass is 10.1. The number of benzene rings is 1. The van der Waals surface area contributed by atoms with E-state index < -0.39 is 6.04 Å². The normalized spacial score (nSPS) is 11.7. The fourth-order valence-corrected chi connectivity index (χ4v) is 2.41. The highest BCUT2D eigenvalue weighted by Crippen LogP contribution is 2.07. The summed E-state index contributed by atoms with van der Waals surface area (Å²) in [4.78, 5) is 27.5. The van der Waals surface area contributed by atoms with E-state index in [1.165, 1.54) is 4.90 Å². The van der Waals surface area contributed by atoms with Gasteiger partial charge in [-0.15, -0.1) is 0 Å². The fraction of sp³-hybridized carbons (Fsp3) is 0.500. The van der Waals surface area contributed by atoms with Gasteiger partial charge in [-0.3, -0.25) is 14.5 Å². The van der Waals surface area contributed by atoms with Gasteiger partial charge in [0.15, 0.2) is 0 Å². The average molecular weight is 330 g/mol. The minimum atomic E-state index is -0.536. The second-order valence-corrected chi connectivity index (χ2v) is 6.04. The molecule has 0 spiro atoms. The van der Waals surface area contributed by atoms with Crippen molar-refractivity contribution in [2.75, 3.05) is 27.2 Å². The Morgan fingerprint density at radius 1 is 1.25 bits per heavy atom. The molecule has 1 unspecified atom stereocenters. The zero-order chi connectivity index (χ0) is 18.1. The Bertz CT molecular complexity index is 590. The molecule has 6 heteroatoms. The number of nitrogens with zero attached hydrogens (tertiary/aromatic N) is 3. The largest absolute Gasteiger partial charge is 0.347 e. The number of carbonyl (C=O) groups excluding carboxylic acids is 2. The summed E-state index contributed by atoms with van der Waals surface area (Å²) in [5.41, 5.74) is 1.67. The Hall–Kier alpha value is -2.39. The first kappa shape index (κ1) is 19.7. The zero-order valence-electron chi connectivity index (χ0n) is 14.9. The standard InChI is InChI=1S/C18H26N4O2/c1-5-10-22(12-16-8-6-15(11-19)7-9-16)13-17(23)20-14(2)18(24)21(3)4/h6-9,14H,5,10,12-13H2,1-4H3,(H,20,23). The van der Waals surface area contributed by atoms with E-state index in [2.05, 4.69) is 18.3 Å². The molecule has 6 nitrogen and oxygen atoms in total. The van der Waals surface area contributed by atoms with E-state index in [0.29, 0.717) is 12.1 Å². The van der Waals surface area contributed by atoms with Crippen LogP contribution in [0.2, 0.25) is 0 Å². The Morgan fingerprint density at radius 3 is 2.38 bits per heavy atom. The van der Waals surface area contributed by atoms with Crippen LogP contribution in [0.5, 0.6) is 0 Å². The summed E-state index contributed by atoms with van der Waals surface area (Å²) in [6.07, 6.45) is 0.926. The van der Waals surface area contributed by atoms with Gasteiger partial charge in [0.2, 0.25) is 11.8 Å². The van der Waals surface area contributed by atoms with E-state index >= 15 is 0 Å². The monoisotopic (exact) mass is 330 g/mol. The number of nitrogens with one attached hydrogen (secondary N) is 1. The first-order valence-corrected chi connectivity index (χ1v) is 8.09. The number of amides is 2. The molecule has 1 rings (SSSR count). The quantitative estimate of drug-likeness (QED) is 0.781. The summed E-state index contributed by atoms with van der Waals surface area (Å²) in [6, 6.07) is 8.91. The zero-order valence-corrected chi connectivity index (χ0v) is 14.9. The third-order valence-electron chi connectivity index (χ3n) is 3.58. The van der Waals surface area contributed by atoms with E-state index in [-0.39, 0.29) is 18.4 Å². The van der Waals surface area contributed by atoms with Crippen LogP contribution in [0.4, 0.5) is 0 Å². The Morgan fingerprint density at radius 2 is 1.88 bits per heavy atom. The van der Waals surface area contributed by atoms with Crippen LogP contribution in [-0.2, 0) is 16.1 Å². The summed E-state index contributed by atoms with van der Waals surface area (Å²) in [7, 11) is 3.33. The van der Waals surface area contributed by atoms with Crippen LogP contribution in [0, 0.1) is 11.3 Å². The molecule has 1 N–H and O–H groups in total. The molecule has 1 atom stereocenters. The highest BCUT2D eigenvalue weighted by atomic mass is 16.2. The number of rotatable bonds is 8. The number of carbonyl (C=O) groups is 2. The van der Waals surface area contributed by atoms with Crippen molar-refractivity contribution in [1.82, 2.24) is 15.1 Å². The van der Waals surface area contributed by atoms with Crippen LogP contribution in [0.15, 0.2) is 24.3 Å². The second-order valence-electron chi connectivity index (χ2n) is 6.04. The van der Waals surface area contributed by atoms with Crippen molar-refractivity contribution in [3.8, 4) is 6.07 Å². The van der Waals surface area contributed by atoms with E-state index in [1.807, 2.05) is 17.0 Å². The van der Waals surface area contributed by atoms with Gasteiger partial charge >= 0.3 is 0 Å². The van der Waals surface area contributed by atoms with Gasteiger partial charge in [-0.1, -0.05) is 19.1 Å². The molecular weight excluding hydrogens is 304 g/mol. The molecule has 1 aromatic carbocycles.